The Kier molecular flexibility index (Phi) is 9.61. The quantitative estimate of drug-likeness (QED) is 0.410. The Morgan fingerprint density at radius 3 is 1.59 bits per heavy atom. The minimum atomic E-state index is 0. The lowest BCUT2D eigenvalue weighted by atomic mass is 9.93. The van der Waals surface area contributed by atoms with Gasteiger partial charge in [-0.1, -0.05) is 118 Å². The molecule has 3 aromatic carbocycles. The molecule has 0 saturated carbocycles. The van der Waals surface area contributed by atoms with Crippen molar-refractivity contribution in [2.24, 2.45) is 0 Å². The zero-order chi connectivity index (χ0) is 18.8. The van der Waals surface area contributed by atoms with Gasteiger partial charge in [0.25, 0.3) is 0 Å². The predicted octanol–water partition coefficient (Wildman–Crippen LogP) is 8.66. The Balaban J connectivity index is 0.00000118. The Bertz CT molecular complexity index is 850. The van der Waals surface area contributed by atoms with E-state index in [-0.39, 0.29) is 7.43 Å². The van der Waals surface area contributed by atoms with E-state index in [0.717, 1.165) is 0 Å². The van der Waals surface area contributed by atoms with Crippen LogP contribution in [0.25, 0.3) is 27.8 Å². The standard InChI is InChI=1S/C24H22.C2H6.CH4/c1-3-10-19(4-2)20-15-17-22(18-16-20)24-14-9-8-13-23(24)21-11-6-5-7-12-21;1-2;/h3-18H,1-2H3;1-2H3;1H4/b10-3-,19-4+;;. The van der Waals surface area contributed by atoms with E-state index in [2.05, 4.69) is 104 Å². The van der Waals surface area contributed by atoms with Crippen molar-refractivity contribution in [1.29, 1.82) is 0 Å². The summed E-state index contributed by atoms with van der Waals surface area (Å²) >= 11 is 0. The second-order valence-electron chi connectivity index (χ2n) is 5.73. The molecule has 0 fully saturated rings. The molecule has 0 heteroatoms. The highest BCUT2D eigenvalue weighted by molar-refractivity contribution is 5.84. The maximum Gasteiger partial charge on any atom is -0.0105 e. The Labute approximate surface area is 165 Å². The summed E-state index contributed by atoms with van der Waals surface area (Å²) in [7, 11) is 0. The van der Waals surface area contributed by atoms with Gasteiger partial charge in [0.15, 0.2) is 0 Å². The molecule has 0 radical (unpaired) electrons. The van der Waals surface area contributed by atoms with Crippen molar-refractivity contribution in [3.8, 4) is 22.3 Å². The number of hydrogen-bond donors (Lipinski definition) is 0. The molecular weight excluding hydrogens is 324 g/mol. The summed E-state index contributed by atoms with van der Waals surface area (Å²) in [5.74, 6) is 0. The lowest BCUT2D eigenvalue weighted by Gasteiger charge is -2.11. The summed E-state index contributed by atoms with van der Waals surface area (Å²) in [6.07, 6.45) is 6.37. The van der Waals surface area contributed by atoms with Crippen LogP contribution < -0.4 is 0 Å². The van der Waals surface area contributed by atoms with Crippen molar-refractivity contribution < 1.29 is 0 Å². The number of allylic oxidation sites excluding steroid dienone is 4. The van der Waals surface area contributed by atoms with E-state index in [1.54, 1.807) is 0 Å². The second kappa shape index (κ2) is 11.7. The van der Waals surface area contributed by atoms with Crippen molar-refractivity contribution in [3.63, 3.8) is 0 Å². The molecule has 0 aliphatic carbocycles. The summed E-state index contributed by atoms with van der Waals surface area (Å²) in [5, 5.41) is 0. The van der Waals surface area contributed by atoms with Crippen LogP contribution in [0.5, 0.6) is 0 Å². The third-order valence-corrected chi connectivity index (χ3v) is 4.20. The molecule has 0 unspecified atom stereocenters. The molecular formula is C27H32. The Morgan fingerprint density at radius 2 is 1.11 bits per heavy atom. The highest BCUT2D eigenvalue weighted by Crippen LogP contribution is 2.32. The van der Waals surface area contributed by atoms with Crippen LogP contribution >= 0.6 is 0 Å². The molecule has 0 atom stereocenters. The topological polar surface area (TPSA) is 0 Å². The number of rotatable bonds is 4. The van der Waals surface area contributed by atoms with Crippen LogP contribution in [0.4, 0.5) is 0 Å². The molecule has 0 aromatic heterocycles. The van der Waals surface area contributed by atoms with Crippen LogP contribution in [-0.2, 0) is 0 Å². The molecule has 0 aliphatic heterocycles. The van der Waals surface area contributed by atoms with E-state index >= 15 is 0 Å². The normalized spacial score (nSPS) is 10.7. The fourth-order valence-electron chi connectivity index (χ4n) is 2.99. The fourth-order valence-corrected chi connectivity index (χ4v) is 2.99. The first-order valence-corrected chi connectivity index (χ1v) is 9.37. The monoisotopic (exact) mass is 356 g/mol. The first-order valence-electron chi connectivity index (χ1n) is 9.37. The molecule has 0 N–H and O–H groups in total. The largest absolute Gasteiger partial charge is 0.0871 e. The van der Waals surface area contributed by atoms with Gasteiger partial charge in [0, 0.05) is 0 Å². The lowest BCUT2D eigenvalue weighted by molar-refractivity contribution is 1.50. The molecule has 27 heavy (non-hydrogen) atoms. The Hall–Kier alpha value is -2.86. The van der Waals surface area contributed by atoms with Gasteiger partial charge in [0.05, 0.1) is 0 Å². The second-order valence-corrected chi connectivity index (χ2v) is 5.73. The molecule has 0 bridgehead atoms. The van der Waals surface area contributed by atoms with E-state index < -0.39 is 0 Å². The zero-order valence-corrected chi connectivity index (χ0v) is 16.2. The number of hydrogen-bond acceptors (Lipinski definition) is 0. The van der Waals surface area contributed by atoms with Crippen LogP contribution in [0.3, 0.4) is 0 Å². The summed E-state index contributed by atoms with van der Waals surface area (Å²) in [6, 6.07) is 28.0. The Morgan fingerprint density at radius 1 is 0.630 bits per heavy atom. The predicted molar refractivity (Wildman–Crippen MR) is 124 cm³/mol. The average molecular weight is 357 g/mol. The van der Waals surface area contributed by atoms with Gasteiger partial charge in [-0.25, -0.2) is 0 Å². The molecule has 3 rings (SSSR count). The van der Waals surface area contributed by atoms with Crippen molar-refractivity contribution in [2.75, 3.05) is 0 Å². The van der Waals surface area contributed by atoms with Gasteiger partial charge in [-0.3, -0.25) is 0 Å². The third-order valence-electron chi connectivity index (χ3n) is 4.20. The lowest BCUT2D eigenvalue weighted by Crippen LogP contribution is -1.86. The van der Waals surface area contributed by atoms with Gasteiger partial charge >= 0.3 is 0 Å². The summed E-state index contributed by atoms with van der Waals surface area (Å²) in [5.41, 5.74) is 7.53. The van der Waals surface area contributed by atoms with E-state index in [4.69, 9.17) is 0 Å². The minimum Gasteiger partial charge on any atom is -0.0871 e. The van der Waals surface area contributed by atoms with Crippen LogP contribution in [0.15, 0.2) is 97.1 Å². The van der Waals surface area contributed by atoms with Crippen LogP contribution in [-0.4, -0.2) is 0 Å². The SMILES string of the molecule is C.C/C=C\C(=C/C)c1ccc(-c2ccccc2-c2ccccc2)cc1.CC. The van der Waals surface area contributed by atoms with Crippen molar-refractivity contribution in [2.45, 2.75) is 35.1 Å². The molecule has 140 valence electrons. The molecule has 3 aromatic rings. The van der Waals surface area contributed by atoms with Gasteiger partial charge in [0.1, 0.15) is 0 Å². The zero-order valence-electron chi connectivity index (χ0n) is 16.2. The molecule has 0 saturated heterocycles. The molecule has 0 spiro atoms. The maximum absolute atomic E-state index is 2.21. The molecule has 0 nitrogen and oxygen atoms in total. The minimum absolute atomic E-state index is 0. The summed E-state index contributed by atoms with van der Waals surface area (Å²) < 4.78 is 0. The van der Waals surface area contributed by atoms with Crippen molar-refractivity contribution >= 4 is 5.57 Å². The van der Waals surface area contributed by atoms with Crippen LogP contribution in [0.1, 0.15) is 40.7 Å². The summed E-state index contributed by atoms with van der Waals surface area (Å²) in [6.45, 7) is 8.13. The highest BCUT2D eigenvalue weighted by Gasteiger charge is 2.07. The first-order chi connectivity index (χ1) is 12.8. The van der Waals surface area contributed by atoms with Gasteiger partial charge in [0.2, 0.25) is 0 Å². The van der Waals surface area contributed by atoms with Gasteiger partial charge in [-0.15, -0.1) is 0 Å². The average Bonchev–Trinajstić information content (AvgIpc) is 2.74. The first kappa shape index (κ1) is 22.2. The van der Waals surface area contributed by atoms with Gasteiger partial charge in [-0.2, -0.15) is 0 Å². The molecule has 0 aliphatic rings. The van der Waals surface area contributed by atoms with E-state index in [1.165, 1.54) is 33.4 Å². The fraction of sp³-hybridized carbons (Fsp3) is 0.185. The van der Waals surface area contributed by atoms with Gasteiger partial charge < -0.3 is 0 Å². The molecule has 0 amide bonds. The van der Waals surface area contributed by atoms with Gasteiger partial charge in [-0.05, 0) is 47.2 Å². The van der Waals surface area contributed by atoms with Crippen molar-refractivity contribution in [3.05, 3.63) is 103 Å². The maximum atomic E-state index is 2.21. The molecule has 0 heterocycles. The van der Waals surface area contributed by atoms with E-state index in [9.17, 15) is 0 Å². The van der Waals surface area contributed by atoms with Crippen molar-refractivity contribution in [1.82, 2.24) is 0 Å². The smallest absolute Gasteiger partial charge is 0.0105 e. The highest BCUT2D eigenvalue weighted by atomic mass is 14.1. The number of benzene rings is 3. The van der Waals surface area contributed by atoms with E-state index in [1.807, 2.05) is 20.8 Å². The third kappa shape index (κ3) is 5.56. The van der Waals surface area contributed by atoms with E-state index in [0.29, 0.717) is 0 Å². The van der Waals surface area contributed by atoms with Crippen LogP contribution in [0, 0.1) is 0 Å². The summed E-state index contributed by atoms with van der Waals surface area (Å²) in [4.78, 5) is 0. The van der Waals surface area contributed by atoms with Crippen LogP contribution in [0.2, 0.25) is 0 Å².